The second-order valence-electron chi connectivity index (χ2n) is 5.95. The summed E-state index contributed by atoms with van der Waals surface area (Å²) in [7, 11) is -3.73. The lowest BCUT2D eigenvalue weighted by molar-refractivity contribution is -0.138. The molecule has 1 heterocycles. The maximum atomic E-state index is 13.0. The smallest absolute Gasteiger partial charge is 0.324 e. The molecule has 0 radical (unpaired) electrons. The summed E-state index contributed by atoms with van der Waals surface area (Å²) in [6.45, 7) is 1.94. The Balaban J connectivity index is 0.00000312. The first-order chi connectivity index (χ1) is 11.0. The summed E-state index contributed by atoms with van der Waals surface area (Å²) in [4.78, 5) is 12.7. The minimum absolute atomic E-state index is 0. The Bertz CT molecular complexity index is 745. The Hall–Kier alpha value is -1.32. The monoisotopic (exact) mass is 400 g/mol. The molecule has 0 aromatic heterocycles. The Kier molecular flexibility index (Phi) is 6.52. The second-order valence-corrected chi connectivity index (χ2v) is 8.27. The van der Waals surface area contributed by atoms with Crippen molar-refractivity contribution in [1.29, 1.82) is 0 Å². The van der Waals surface area contributed by atoms with E-state index >= 15 is 0 Å². The van der Waals surface area contributed by atoms with Crippen molar-refractivity contribution >= 4 is 33.8 Å². The number of carbonyl (C=O) groups excluding carboxylic acids is 1. The quantitative estimate of drug-likeness (QED) is 0.817. The van der Waals surface area contributed by atoms with E-state index in [0.717, 1.165) is 12.3 Å². The van der Waals surface area contributed by atoms with Crippen LogP contribution in [0.3, 0.4) is 0 Å². The molecule has 0 unspecified atom stereocenters. The fourth-order valence-electron chi connectivity index (χ4n) is 2.91. The lowest BCUT2D eigenvalue weighted by Crippen LogP contribution is -2.55. The van der Waals surface area contributed by atoms with Gasteiger partial charge < -0.3 is 10.6 Å². The number of halogens is 4. The van der Waals surface area contributed by atoms with Crippen LogP contribution in [0.4, 0.5) is 18.9 Å². The third-order valence-electron chi connectivity index (χ3n) is 4.42. The Labute approximate surface area is 150 Å². The highest BCUT2D eigenvalue weighted by atomic mass is 35.5. The van der Waals surface area contributed by atoms with Crippen LogP contribution in [0.5, 0.6) is 0 Å². The van der Waals surface area contributed by atoms with Crippen molar-refractivity contribution < 1.29 is 26.4 Å². The topological polar surface area (TPSA) is 75.3 Å². The summed E-state index contributed by atoms with van der Waals surface area (Å²) in [5, 5.41) is 5.37. The summed E-state index contributed by atoms with van der Waals surface area (Å²) in [5.41, 5.74) is -1.04. The number of rotatable bonds is 3. The fraction of sp³-hybridized carbons (Fsp3) is 0.533. The average molecular weight is 401 g/mol. The van der Waals surface area contributed by atoms with Crippen LogP contribution in [0.25, 0.3) is 0 Å². The van der Waals surface area contributed by atoms with E-state index in [-0.39, 0.29) is 36.5 Å². The molecule has 1 fully saturated rings. The summed E-state index contributed by atoms with van der Waals surface area (Å²) in [6.07, 6.45) is -3.41. The number of amides is 1. The number of sulfone groups is 1. The van der Waals surface area contributed by atoms with E-state index in [1.54, 1.807) is 0 Å². The van der Waals surface area contributed by atoms with Gasteiger partial charge >= 0.3 is 6.18 Å². The van der Waals surface area contributed by atoms with Crippen molar-refractivity contribution in [2.45, 2.75) is 30.7 Å². The molecule has 0 aliphatic carbocycles. The Morgan fingerprint density at radius 3 is 2.28 bits per heavy atom. The summed E-state index contributed by atoms with van der Waals surface area (Å²) < 4.78 is 61.6. The number of alkyl halides is 3. The van der Waals surface area contributed by atoms with Gasteiger partial charge in [0.15, 0.2) is 14.6 Å². The molecule has 142 valence electrons. The molecule has 1 saturated heterocycles. The second kappa shape index (κ2) is 7.51. The van der Waals surface area contributed by atoms with Gasteiger partial charge in [0.1, 0.15) is 0 Å². The number of hydrogen-bond acceptors (Lipinski definition) is 4. The van der Waals surface area contributed by atoms with Gasteiger partial charge in [-0.1, -0.05) is 6.07 Å². The van der Waals surface area contributed by atoms with Crippen molar-refractivity contribution in [3.05, 3.63) is 29.3 Å². The maximum Gasteiger partial charge on any atom is 0.416 e. The number of carbonyl (C=O) groups is 1. The van der Waals surface area contributed by atoms with Gasteiger partial charge in [0.2, 0.25) is 5.91 Å². The van der Waals surface area contributed by atoms with Gasteiger partial charge in [0, 0.05) is 11.9 Å². The third-order valence-corrected chi connectivity index (χ3v) is 6.44. The molecule has 5 nitrogen and oxygen atoms in total. The van der Waals surface area contributed by atoms with E-state index in [9.17, 15) is 26.4 Å². The van der Waals surface area contributed by atoms with Gasteiger partial charge in [0.05, 0.1) is 5.56 Å². The number of benzene rings is 1. The van der Waals surface area contributed by atoms with E-state index < -0.39 is 32.2 Å². The van der Waals surface area contributed by atoms with Gasteiger partial charge in [-0.15, -0.1) is 12.4 Å². The average Bonchev–Trinajstić information content (AvgIpc) is 2.47. The van der Waals surface area contributed by atoms with Gasteiger partial charge in [-0.05, 0) is 50.6 Å². The summed E-state index contributed by atoms with van der Waals surface area (Å²) >= 11 is 0. The predicted molar refractivity (Wildman–Crippen MR) is 91.7 cm³/mol. The van der Waals surface area contributed by atoms with Gasteiger partial charge in [-0.25, -0.2) is 8.42 Å². The number of anilines is 1. The number of piperidine rings is 1. The highest BCUT2D eigenvalue weighted by Crippen LogP contribution is 2.35. The first-order valence-corrected chi connectivity index (χ1v) is 9.27. The van der Waals surface area contributed by atoms with Crippen molar-refractivity contribution in [3.63, 3.8) is 0 Å². The Morgan fingerprint density at radius 2 is 1.80 bits per heavy atom. The Morgan fingerprint density at radius 1 is 1.24 bits per heavy atom. The van der Waals surface area contributed by atoms with E-state index in [1.807, 2.05) is 0 Å². The zero-order chi connectivity index (χ0) is 18.2. The van der Waals surface area contributed by atoms with Gasteiger partial charge in [-0.2, -0.15) is 13.2 Å². The first-order valence-electron chi connectivity index (χ1n) is 7.38. The largest absolute Gasteiger partial charge is 0.416 e. The normalized spacial score (nSPS) is 17.5. The van der Waals surface area contributed by atoms with Crippen LogP contribution in [-0.4, -0.2) is 38.4 Å². The molecule has 1 aromatic rings. The molecule has 0 saturated carbocycles. The van der Waals surface area contributed by atoms with Crippen LogP contribution in [0.1, 0.15) is 24.0 Å². The summed E-state index contributed by atoms with van der Waals surface area (Å²) in [6, 6.07) is 3.43. The number of nitrogens with one attached hydrogen (secondary N) is 2. The lowest BCUT2D eigenvalue weighted by Gasteiger charge is -2.34. The predicted octanol–water partition coefficient (Wildman–Crippen LogP) is 2.54. The molecule has 0 bridgehead atoms. The zero-order valence-corrected chi connectivity index (χ0v) is 15.4. The summed E-state index contributed by atoms with van der Waals surface area (Å²) in [5.74, 6) is -0.783. The highest BCUT2D eigenvalue weighted by molar-refractivity contribution is 7.92. The molecular weight excluding hydrogens is 381 g/mol. The van der Waals surface area contributed by atoms with E-state index in [2.05, 4.69) is 10.6 Å². The van der Waals surface area contributed by atoms with Gasteiger partial charge in [0.25, 0.3) is 0 Å². The first kappa shape index (κ1) is 21.7. The molecule has 1 aliphatic rings. The van der Waals surface area contributed by atoms with Crippen LogP contribution in [0, 0.1) is 6.92 Å². The van der Waals surface area contributed by atoms with Crippen molar-refractivity contribution in [3.8, 4) is 0 Å². The van der Waals surface area contributed by atoms with E-state index in [4.69, 9.17) is 0 Å². The molecule has 10 heteroatoms. The highest BCUT2D eigenvalue weighted by Gasteiger charge is 2.48. The van der Waals surface area contributed by atoms with Crippen molar-refractivity contribution in [2.75, 3.05) is 24.7 Å². The molecule has 1 amide bonds. The van der Waals surface area contributed by atoms with Crippen LogP contribution < -0.4 is 10.6 Å². The van der Waals surface area contributed by atoms with Crippen LogP contribution >= 0.6 is 12.4 Å². The molecule has 0 atom stereocenters. The minimum Gasteiger partial charge on any atom is -0.324 e. The van der Waals surface area contributed by atoms with Crippen molar-refractivity contribution in [2.24, 2.45) is 0 Å². The molecular formula is C15H20ClF3N2O3S. The van der Waals surface area contributed by atoms with Crippen LogP contribution in [0.15, 0.2) is 18.2 Å². The molecule has 2 rings (SSSR count). The standard InChI is InChI=1S/C15H19F3N2O3S.ClH/c1-10-11(15(16,17)18)4-3-5-12(10)20-13(21)14(24(2,22)23)6-8-19-9-7-14;/h3-5,19H,6-9H2,1-2H3,(H,20,21);1H. The lowest BCUT2D eigenvalue weighted by atomic mass is 9.95. The van der Waals surface area contributed by atoms with Crippen LogP contribution in [-0.2, 0) is 20.8 Å². The zero-order valence-electron chi connectivity index (χ0n) is 13.7. The van der Waals surface area contributed by atoms with Crippen LogP contribution in [0.2, 0.25) is 0 Å². The van der Waals surface area contributed by atoms with E-state index in [1.165, 1.54) is 19.1 Å². The number of hydrogen-bond donors (Lipinski definition) is 2. The molecule has 0 spiro atoms. The minimum atomic E-state index is -4.55. The SMILES string of the molecule is Cc1c(NC(=O)C2(S(C)(=O)=O)CCNCC2)cccc1C(F)(F)F.Cl. The van der Waals surface area contributed by atoms with E-state index in [0.29, 0.717) is 13.1 Å². The van der Waals surface area contributed by atoms with Gasteiger partial charge in [-0.3, -0.25) is 4.79 Å². The fourth-order valence-corrected chi connectivity index (χ4v) is 4.24. The molecule has 25 heavy (non-hydrogen) atoms. The molecule has 2 N–H and O–H groups in total. The molecule has 1 aromatic carbocycles. The third kappa shape index (κ3) is 4.27. The maximum absolute atomic E-state index is 13.0. The molecule has 1 aliphatic heterocycles. The van der Waals surface area contributed by atoms with Crippen molar-refractivity contribution in [1.82, 2.24) is 5.32 Å².